The van der Waals surface area contributed by atoms with Gasteiger partial charge in [0, 0.05) is 0 Å². The number of nitrogens with zero attached hydrogens (tertiary/aromatic N) is 2. The van der Waals surface area contributed by atoms with Gasteiger partial charge in [-0.15, -0.1) is 0 Å². The number of aliphatic hydroxyl groups is 1. The van der Waals surface area contributed by atoms with E-state index in [4.69, 9.17) is 4.42 Å². The molecule has 2 heterocycles. The third kappa shape index (κ3) is 3.41. The number of nitrogens with one attached hydrogen (secondary N) is 1. The first kappa shape index (κ1) is 16.8. The van der Waals surface area contributed by atoms with E-state index >= 15 is 0 Å². The molecule has 1 aromatic carbocycles. The number of para-hydroxylation sites is 1. The van der Waals surface area contributed by atoms with Gasteiger partial charge < -0.3 is 19.9 Å². The van der Waals surface area contributed by atoms with Crippen molar-refractivity contribution in [2.24, 2.45) is 0 Å². The van der Waals surface area contributed by atoms with Gasteiger partial charge in [-0.05, 0) is 30.2 Å². The van der Waals surface area contributed by atoms with E-state index in [0.29, 0.717) is 5.76 Å². The molecule has 0 aliphatic heterocycles. The Labute approximate surface area is 144 Å². The predicted molar refractivity (Wildman–Crippen MR) is 90.6 cm³/mol. The Kier molecular flexibility index (Phi) is 4.85. The molecule has 7 heteroatoms. The number of aromatic hydroxyl groups is 1. The van der Waals surface area contributed by atoms with Crippen LogP contribution in [0.3, 0.4) is 0 Å². The summed E-state index contributed by atoms with van der Waals surface area (Å²) < 4.78 is 6.67. The van der Waals surface area contributed by atoms with Crippen molar-refractivity contribution in [3.63, 3.8) is 0 Å². The molecular weight excluding hydrogens is 322 g/mol. The normalized spacial score (nSPS) is 12.1. The lowest BCUT2D eigenvalue weighted by Gasteiger charge is -2.12. The maximum absolute atomic E-state index is 12.4. The first-order valence-corrected chi connectivity index (χ1v) is 7.96. The molecule has 3 N–H and O–H groups in total. The summed E-state index contributed by atoms with van der Waals surface area (Å²) in [5.74, 6) is -0.411. The molecule has 130 valence electrons. The number of carbonyl (C=O) groups excluding carboxylic acids is 1. The van der Waals surface area contributed by atoms with Gasteiger partial charge >= 0.3 is 0 Å². The first-order valence-electron chi connectivity index (χ1n) is 7.96. The Morgan fingerprint density at radius 3 is 2.80 bits per heavy atom. The average Bonchev–Trinajstić information content (AvgIpc) is 3.29. The van der Waals surface area contributed by atoms with E-state index < -0.39 is 11.9 Å². The van der Waals surface area contributed by atoms with E-state index in [1.54, 1.807) is 12.1 Å². The van der Waals surface area contributed by atoms with E-state index in [-0.39, 0.29) is 18.1 Å². The molecule has 0 spiro atoms. The van der Waals surface area contributed by atoms with E-state index in [1.807, 2.05) is 31.2 Å². The van der Waals surface area contributed by atoms with Crippen LogP contribution in [0.1, 0.15) is 34.8 Å². The number of aliphatic hydroxyl groups excluding tert-OH is 1. The maximum Gasteiger partial charge on any atom is 0.276 e. The molecule has 0 aliphatic rings. The summed E-state index contributed by atoms with van der Waals surface area (Å²) >= 11 is 0. The Balaban J connectivity index is 1.86. The fraction of sp³-hybridized carbons (Fsp3) is 0.222. The zero-order valence-corrected chi connectivity index (χ0v) is 13.7. The minimum absolute atomic E-state index is 0.115. The molecule has 1 atom stereocenters. The molecule has 0 saturated heterocycles. The number of rotatable bonds is 6. The molecule has 0 aliphatic carbocycles. The van der Waals surface area contributed by atoms with Crippen molar-refractivity contribution in [2.75, 3.05) is 6.61 Å². The standard InChI is InChI=1S/C18H19N3O4/c1-2-12-6-3-4-7-14(12)21-10-15(23)17(20-21)18(24)19-13(11-22)16-8-5-9-25-16/h3-10,13,22-23H,2,11H2,1H3,(H,19,24). The smallest absolute Gasteiger partial charge is 0.276 e. The van der Waals surface area contributed by atoms with Crippen molar-refractivity contribution in [2.45, 2.75) is 19.4 Å². The Bertz CT molecular complexity index is 855. The number of amides is 1. The highest BCUT2D eigenvalue weighted by molar-refractivity contribution is 5.95. The third-order valence-corrected chi connectivity index (χ3v) is 3.90. The largest absolute Gasteiger partial charge is 0.504 e. The third-order valence-electron chi connectivity index (χ3n) is 3.90. The minimum atomic E-state index is -0.713. The zero-order chi connectivity index (χ0) is 17.8. The molecule has 3 aromatic rings. The molecular formula is C18H19N3O4. The van der Waals surface area contributed by atoms with Gasteiger partial charge in [-0.3, -0.25) is 4.79 Å². The number of furan rings is 1. The zero-order valence-electron chi connectivity index (χ0n) is 13.7. The molecule has 0 bridgehead atoms. The van der Waals surface area contributed by atoms with E-state index in [9.17, 15) is 15.0 Å². The average molecular weight is 341 g/mol. The van der Waals surface area contributed by atoms with Crippen LogP contribution in [0.15, 0.2) is 53.3 Å². The Morgan fingerprint density at radius 2 is 2.12 bits per heavy atom. The predicted octanol–water partition coefficient (Wildman–Crippen LogP) is 2.20. The van der Waals surface area contributed by atoms with Crippen LogP contribution in [0.2, 0.25) is 0 Å². The minimum Gasteiger partial charge on any atom is -0.504 e. The Hall–Kier alpha value is -3.06. The molecule has 25 heavy (non-hydrogen) atoms. The Morgan fingerprint density at radius 1 is 1.32 bits per heavy atom. The maximum atomic E-state index is 12.4. The second kappa shape index (κ2) is 7.23. The lowest BCUT2D eigenvalue weighted by molar-refractivity contribution is 0.0899. The number of benzene rings is 1. The molecule has 7 nitrogen and oxygen atoms in total. The second-order valence-electron chi connectivity index (χ2n) is 5.51. The van der Waals surface area contributed by atoms with E-state index in [1.165, 1.54) is 17.1 Å². The quantitative estimate of drug-likeness (QED) is 0.638. The van der Waals surface area contributed by atoms with Crippen molar-refractivity contribution >= 4 is 5.91 Å². The van der Waals surface area contributed by atoms with Crippen molar-refractivity contribution in [1.29, 1.82) is 0 Å². The molecule has 1 unspecified atom stereocenters. The van der Waals surface area contributed by atoms with Crippen LogP contribution in [0.5, 0.6) is 5.75 Å². The summed E-state index contributed by atoms with van der Waals surface area (Å²) in [7, 11) is 0. The molecule has 2 aromatic heterocycles. The molecule has 0 saturated carbocycles. The summed E-state index contributed by atoms with van der Waals surface area (Å²) in [4.78, 5) is 12.4. The second-order valence-corrected chi connectivity index (χ2v) is 5.51. The molecule has 0 radical (unpaired) electrons. The number of aromatic nitrogens is 2. The summed E-state index contributed by atoms with van der Waals surface area (Å²) in [6, 6.07) is 10.2. The molecule has 0 fully saturated rings. The number of aryl methyl sites for hydroxylation is 1. The van der Waals surface area contributed by atoms with Gasteiger partial charge in [0.1, 0.15) is 11.8 Å². The van der Waals surface area contributed by atoms with Crippen molar-refractivity contribution in [1.82, 2.24) is 15.1 Å². The number of hydrogen-bond donors (Lipinski definition) is 3. The molecule has 3 rings (SSSR count). The van der Waals surface area contributed by atoms with Gasteiger partial charge in [0.2, 0.25) is 0 Å². The first-order chi connectivity index (χ1) is 12.1. The SMILES string of the molecule is CCc1ccccc1-n1cc(O)c(C(=O)NC(CO)c2ccco2)n1. The van der Waals surface area contributed by atoms with Gasteiger partial charge in [-0.1, -0.05) is 25.1 Å². The van der Waals surface area contributed by atoms with Crippen LogP contribution in [0, 0.1) is 0 Å². The van der Waals surface area contributed by atoms with Gasteiger partial charge in [0.15, 0.2) is 11.4 Å². The summed E-state index contributed by atoms with van der Waals surface area (Å²) in [6.07, 6.45) is 3.64. The van der Waals surface area contributed by atoms with Crippen LogP contribution in [-0.4, -0.2) is 32.5 Å². The number of carbonyl (C=O) groups is 1. The van der Waals surface area contributed by atoms with Gasteiger partial charge in [0.05, 0.1) is 24.8 Å². The van der Waals surface area contributed by atoms with E-state index in [0.717, 1.165) is 17.7 Å². The summed E-state index contributed by atoms with van der Waals surface area (Å²) in [5.41, 5.74) is 1.72. The van der Waals surface area contributed by atoms with Crippen LogP contribution in [0.4, 0.5) is 0 Å². The van der Waals surface area contributed by atoms with Gasteiger partial charge in [-0.2, -0.15) is 5.10 Å². The summed E-state index contributed by atoms with van der Waals surface area (Å²) in [6.45, 7) is 1.68. The molecule has 1 amide bonds. The lowest BCUT2D eigenvalue weighted by Crippen LogP contribution is -2.31. The van der Waals surface area contributed by atoms with E-state index in [2.05, 4.69) is 10.4 Å². The fourth-order valence-electron chi connectivity index (χ4n) is 2.61. The van der Waals surface area contributed by atoms with Gasteiger partial charge in [0.25, 0.3) is 5.91 Å². The summed E-state index contributed by atoms with van der Waals surface area (Å²) in [5, 5.41) is 26.4. The van der Waals surface area contributed by atoms with Gasteiger partial charge in [-0.25, -0.2) is 4.68 Å². The topological polar surface area (TPSA) is 101 Å². The van der Waals surface area contributed by atoms with Crippen molar-refractivity contribution in [3.05, 3.63) is 65.9 Å². The van der Waals surface area contributed by atoms with Crippen LogP contribution >= 0.6 is 0 Å². The highest BCUT2D eigenvalue weighted by atomic mass is 16.3. The highest BCUT2D eigenvalue weighted by Crippen LogP contribution is 2.22. The fourth-order valence-corrected chi connectivity index (χ4v) is 2.61. The number of hydrogen-bond acceptors (Lipinski definition) is 5. The van der Waals surface area contributed by atoms with Crippen molar-refractivity contribution in [3.8, 4) is 11.4 Å². The lowest BCUT2D eigenvalue weighted by atomic mass is 10.1. The van der Waals surface area contributed by atoms with Crippen LogP contribution in [0.25, 0.3) is 5.69 Å². The van der Waals surface area contributed by atoms with Crippen molar-refractivity contribution < 1.29 is 19.4 Å². The van der Waals surface area contributed by atoms with Crippen LogP contribution < -0.4 is 5.32 Å². The van der Waals surface area contributed by atoms with Crippen LogP contribution in [-0.2, 0) is 6.42 Å². The monoisotopic (exact) mass is 341 g/mol. The highest BCUT2D eigenvalue weighted by Gasteiger charge is 2.22.